The monoisotopic (exact) mass is 500 g/mol. The molecule has 0 aliphatic rings. The molecule has 0 aromatic heterocycles. The van der Waals surface area contributed by atoms with Gasteiger partial charge in [-0.05, 0) is 42.8 Å². The van der Waals surface area contributed by atoms with Gasteiger partial charge in [0.2, 0.25) is 0 Å². The number of hydrogen-bond acceptors (Lipinski definition) is 6. The molecule has 9 nitrogen and oxygen atoms in total. The molecule has 6 N–H and O–H groups in total. The van der Waals surface area contributed by atoms with E-state index in [2.05, 4.69) is 0 Å². The average molecular weight is 501 g/mol. The van der Waals surface area contributed by atoms with Crippen molar-refractivity contribution in [2.45, 2.75) is 13.3 Å². The van der Waals surface area contributed by atoms with E-state index in [1.807, 2.05) is 6.92 Å². The Balaban J connectivity index is 0.000000454. The van der Waals surface area contributed by atoms with Crippen LogP contribution < -0.4 is 0 Å². The third-order valence-electron chi connectivity index (χ3n) is 4.82. The molecule has 3 aromatic rings. The standard InChI is InChI=1S/3C7H6O2.C6H14O3/c3*8-7(9)6-4-2-1-3-5-6;1-2-6(3-7,4-8)5-9/h3*1-5H,(H,8,9);7-9H,2-5H2,1H3. The first-order valence-electron chi connectivity index (χ1n) is 10.8. The first kappa shape index (κ1) is 32.0. The van der Waals surface area contributed by atoms with E-state index in [4.69, 9.17) is 30.6 Å². The number of benzene rings is 3. The van der Waals surface area contributed by atoms with E-state index in [0.29, 0.717) is 23.1 Å². The second kappa shape index (κ2) is 18.3. The van der Waals surface area contributed by atoms with E-state index in [9.17, 15) is 14.4 Å². The highest BCUT2D eigenvalue weighted by molar-refractivity contribution is 5.88. The largest absolute Gasteiger partial charge is 0.478 e. The molecule has 0 unspecified atom stereocenters. The summed E-state index contributed by atoms with van der Waals surface area (Å²) in [7, 11) is 0. The minimum atomic E-state index is -0.879. The molecule has 0 atom stereocenters. The van der Waals surface area contributed by atoms with Gasteiger partial charge in [-0.2, -0.15) is 0 Å². The molecule has 0 radical (unpaired) electrons. The van der Waals surface area contributed by atoms with Gasteiger partial charge in [0.25, 0.3) is 0 Å². The summed E-state index contributed by atoms with van der Waals surface area (Å²) in [6, 6.07) is 24.9. The normalized spacial score (nSPS) is 9.67. The van der Waals surface area contributed by atoms with E-state index in [0.717, 1.165) is 0 Å². The molecule has 0 fully saturated rings. The molecule has 3 aromatic carbocycles. The van der Waals surface area contributed by atoms with Crippen LogP contribution in [-0.4, -0.2) is 68.4 Å². The van der Waals surface area contributed by atoms with Crippen LogP contribution in [0.3, 0.4) is 0 Å². The smallest absolute Gasteiger partial charge is 0.335 e. The van der Waals surface area contributed by atoms with E-state index in [-0.39, 0.29) is 19.8 Å². The van der Waals surface area contributed by atoms with Crippen LogP contribution in [0.5, 0.6) is 0 Å². The van der Waals surface area contributed by atoms with E-state index in [1.165, 1.54) is 0 Å². The summed E-state index contributed by atoms with van der Waals surface area (Å²) < 4.78 is 0. The van der Waals surface area contributed by atoms with Crippen molar-refractivity contribution in [1.82, 2.24) is 0 Å². The van der Waals surface area contributed by atoms with Crippen LogP contribution in [0.15, 0.2) is 91.0 Å². The number of aromatic carboxylic acids is 3. The molecule has 0 aliphatic carbocycles. The van der Waals surface area contributed by atoms with E-state index >= 15 is 0 Å². The minimum Gasteiger partial charge on any atom is -0.478 e. The topological polar surface area (TPSA) is 173 Å². The Bertz CT molecular complexity index is 868. The predicted octanol–water partition coefficient (Wildman–Crippen LogP) is 3.51. The first-order valence-corrected chi connectivity index (χ1v) is 10.8. The summed E-state index contributed by atoms with van der Waals surface area (Å²) in [5.74, 6) is -2.64. The summed E-state index contributed by atoms with van der Waals surface area (Å²) in [6.07, 6.45) is 0.594. The SMILES string of the molecule is CCC(CO)(CO)CO.O=C(O)c1ccccc1.O=C(O)c1ccccc1.O=C(O)c1ccccc1. The fourth-order valence-electron chi connectivity index (χ4n) is 2.23. The van der Waals surface area contributed by atoms with Crippen LogP contribution in [0.25, 0.3) is 0 Å². The summed E-state index contributed by atoms with van der Waals surface area (Å²) in [5, 5.41) is 51.1. The van der Waals surface area contributed by atoms with Gasteiger partial charge in [-0.3, -0.25) is 0 Å². The van der Waals surface area contributed by atoms with Crippen molar-refractivity contribution in [3.63, 3.8) is 0 Å². The maximum atomic E-state index is 10.2. The van der Waals surface area contributed by atoms with Crippen molar-refractivity contribution in [3.05, 3.63) is 108 Å². The van der Waals surface area contributed by atoms with Gasteiger partial charge in [0.1, 0.15) is 0 Å². The van der Waals surface area contributed by atoms with Crippen molar-refractivity contribution >= 4 is 17.9 Å². The number of rotatable bonds is 7. The molecule has 0 bridgehead atoms. The van der Waals surface area contributed by atoms with Gasteiger partial charge in [-0.15, -0.1) is 0 Å². The van der Waals surface area contributed by atoms with Crippen LogP contribution in [0.4, 0.5) is 0 Å². The van der Waals surface area contributed by atoms with Gasteiger partial charge in [0, 0.05) is 5.41 Å². The van der Waals surface area contributed by atoms with E-state index in [1.54, 1.807) is 91.0 Å². The van der Waals surface area contributed by atoms with Crippen molar-refractivity contribution in [2.24, 2.45) is 5.41 Å². The average Bonchev–Trinajstić information content (AvgIpc) is 2.93. The maximum absolute atomic E-state index is 10.2. The Hall–Kier alpha value is -4.05. The Morgan fingerprint density at radius 2 is 0.750 bits per heavy atom. The fourth-order valence-corrected chi connectivity index (χ4v) is 2.23. The highest BCUT2D eigenvalue weighted by Gasteiger charge is 2.24. The highest BCUT2D eigenvalue weighted by atomic mass is 16.4. The molecular weight excluding hydrogens is 468 g/mol. The first-order chi connectivity index (χ1) is 17.2. The van der Waals surface area contributed by atoms with Gasteiger partial charge < -0.3 is 30.6 Å². The number of aliphatic hydroxyl groups is 3. The zero-order valence-electron chi connectivity index (χ0n) is 19.9. The number of carboxylic acid groups (broad SMARTS) is 3. The Morgan fingerprint density at radius 3 is 0.833 bits per heavy atom. The molecule has 194 valence electrons. The lowest BCUT2D eigenvalue weighted by Crippen LogP contribution is -2.32. The quantitative estimate of drug-likeness (QED) is 0.284. The lowest BCUT2D eigenvalue weighted by molar-refractivity contribution is 0.00303. The van der Waals surface area contributed by atoms with Crippen molar-refractivity contribution in [3.8, 4) is 0 Å². The second-order valence-electron chi connectivity index (χ2n) is 7.34. The zero-order chi connectivity index (χ0) is 27.4. The predicted molar refractivity (Wildman–Crippen MR) is 134 cm³/mol. The fraction of sp³-hybridized carbons (Fsp3) is 0.222. The maximum Gasteiger partial charge on any atom is 0.335 e. The van der Waals surface area contributed by atoms with Gasteiger partial charge in [-0.1, -0.05) is 61.5 Å². The Labute approximate surface area is 209 Å². The molecule has 0 saturated heterocycles. The van der Waals surface area contributed by atoms with Gasteiger partial charge in [0.15, 0.2) is 0 Å². The van der Waals surface area contributed by atoms with E-state index < -0.39 is 23.3 Å². The van der Waals surface area contributed by atoms with Crippen LogP contribution in [0.2, 0.25) is 0 Å². The third kappa shape index (κ3) is 13.0. The van der Waals surface area contributed by atoms with Crippen molar-refractivity contribution in [1.29, 1.82) is 0 Å². The minimum absolute atomic E-state index is 0.156. The van der Waals surface area contributed by atoms with Gasteiger partial charge in [0.05, 0.1) is 36.5 Å². The lowest BCUT2D eigenvalue weighted by atomic mass is 9.88. The molecule has 0 heterocycles. The summed E-state index contributed by atoms with van der Waals surface area (Å²) in [5.41, 5.74) is 0.326. The highest BCUT2D eigenvalue weighted by Crippen LogP contribution is 2.18. The molecule has 0 amide bonds. The Kier molecular flexibility index (Phi) is 16.2. The van der Waals surface area contributed by atoms with Crippen LogP contribution in [0.1, 0.15) is 44.4 Å². The van der Waals surface area contributed by atoms with Crippen molar-refractivity contribution in [2.75, 3.05) is 19.8 Å². The van der Waals surface area contributed by atoms with Gasteiger partial charge >= 0.3 is 17.9 Å². The summed E-state index contributed by atoms with van der Waals surface area (Å²) >= 11 is 0. The summed E-state index contributed by atoms with van der Waals surface area (Å²) in [6.45, 7) is 1.35. The zero-order valence-corrected chi connectivity index (χ0v) is 19.9. The number of hydrogen-bond donors (Lipinski definition) is 6. The second-order valence-corrected chi connectivity index (χ2v) is 7.34. The number of carboxylic acids is 3. The van der Waals surface area contributed by atoms with Crippen LogP contribution in [-0.2, 0) is 0 Å². The Morgan fingerprint density at radius 1 is 0.528 bits per heavy atom. The number of aliphatic hydroxyl groups excluding tert-OH is 3. The van der Waals surface area contributed by atoms with Gasteiger partial charge in [-0.25, -0.2) is 14.4 Å². The molecular formula is C27H32O9. The van der Waals surface area contributed by atoms with Crippen LogP contribution >= 0.6 is 0 Å². The molecule has 3 rings (SSSR count). The number of carbonyl (C=O) groups is 3. The molecule has 9 heteroatoms. The molecule has 0 saturated carbocycles. The van der Waals surface area contributed by atoms with Crippen LogP contribution in [0, 0.1) is 5.41 Å². The summed E-state index contributed by atoms with van der Waals surface area (Å²) in [4.78, 5) is 30.6. The molecule has 0 aliphatic heterocycles. The lowest BCUT2D eigenvalue weighted by Gasteiger charge is -2.24. The third-order valence-corrected chi connectivity index (χ3v) is 4.82. The molecule has 0 spiro atoms. The van der Waals surface area contributed by atoms with Crippen molar-refractivity contribution < 1.29 is 45.0 Å². The molecule has 36 heavy (non-hydrogen) atoms.